The summed E-state index contributed by atoms with van der Waals surface area (Å²) in [5.41, 5.74) is 3.92. The highest BCUT2D eigenvalue weighted by molar-refractivity contribution is 5.96. The van der Waals surface area contributed by atoms with Crippen LogP contribution in [0.1, 0.15) is 18.1 Å². The molecule has 0 heterocycles. The van der Waals surface area contributed by atoms with E-state index in [4.69, 9.17) is 14.9 Å². The van der Waals surface area contributed by atoms with Gasteiger partial charge in [-0.2, -0.15) is 0 Å². The Morgan fingerprint density at radius 3 is 1.57 bits per heavy atom. The van der Waals surface area contributed by atoms with E-state index in [9.17, 15) is 4.79 Å². The van der Waals surface area contributed by atoms with Crippen LogP contribution in [-0.2, 0) is 4.74 Å². The third-order valence-corrected chi connectivity index (χ3v) is 3.43. The largest absolute Gasteiger partial charge is 0.449 e. The first kappa shape index (κ1) is 22.8. The predicted molar refractivity (Wildman–Crippen MR) is 111 cm³/mol. The molecule has 0 aromatic heterocycles. The lowest BCUT2D eigenvalue weighted by atomic mass is 10.2. The van der Waals surface area contributed by atoms with Gasteiger partial charge < -0.3 is 14.9 Å². The van der Waals surface area contributed by atoms with Crippen LogP contribution in [0.25, 0.3) is 0 Å². The quantitative estimate of drug-likeness (QED) is 0.800. The van der Waals surface area contributed by atoms with Gasteiger partial charge in [-0.3, -0.25) is 0 Å². The number of aliphatic hydroxyl groups is 2. The average molecular weight is 379 g/mol. The first-order valence-corrected chi connectivity index (χ1v) is 8.81. The van der Waals surface area contributed by atoms with E-state index in [-0.39, 0.29) is 19.3 Å². The number of carbonyl (C=O) groups excluding carboxylic acids is 1. The maximum atomic E-state index is 12.2. The van der Waals surface area contributed by atoms with E-state index < -0.39 is 0 Å². The third kappa shape index (κ3) is 7.97. The third-order valence-electron chi connectivity index (χ3n) is 3.43. The highest BCUT2D eigenvalue weighted by Crippen LogP contribution is 2.26. The second-order valence-corrected chi connectivity index (χ2v) is 5.63. The summed E-state index contributed by atoms with van der Waals surface area (Å²) in [6, 6.07) is 15.6. The maximum absolute atomic E-state index is 12.2. The summed E-state index contributed by atoms with van der Waals surface area (Å²) >= 11 is 0. The van der Waals surface area contributed by atoms with Gasteiger partial charge in [0.05, 0.1) is 18.0 Å². The minimum absolute atomic E-state index is 0.180. The minimum Gasteiger partial charge on any atom is -0.449 e. The summed E-state index contributed by atoms with van der Waals surface area (Å²) in [6.45, 7) is 5.84. The summed E-state index contributed by atoms with van der Waals surface area (Å²) in [5.74, 6) is 9.24. The second-order valence-electron chi connectivity index (χ2n) is 5.63. The number of amides is 1. The van der Waals surface area contributed by atoms with Crippen LogP contribution >= 0.6 is 0 Å². The first-order chi connectivity index (χ1) is 13.5. The molecule has 0 saturated heterocycles. The Hall–Kier alpha value is -3.25. The zero-order valence-electron chi connectivity index (χ0n) is 16.4. The number of rotatable bonds is 3. The van der Waals surface area contributed by atoms with Gasteiger partial charge in [0.15, 0.2) is 0 Å². The number of anilines is 2. The van der Waals surface area contributed by atoms with Gasteiger partial charge in [-0.15, -0.1) is 0 Å². The highest BCUT2D eigenvalue weighted by atomic mass is 16.6. The van der Waals surface area contributed by atoms with Crippen molar-refractivity contribution in [3.05, 3.63) is 59.7 Å². The molecule has 2 N–H and O–H groups in total. The SMILES string of the molecule is CCOC(=O)N(c1ccc(C)cc1)c1ccc(C)cc1.OCC#CC#CCO. The van der Waals surface area contributed by atoms with Crippen molar-refractivity contribution in [2.45, 2.75) is 20.8 Å². The van der Waals surface area contributed by atoms with E-state index in [2.05, 4.69) is 23.7 Å². The lowest BCUT2D eigenvalue weighted by Crippen LogP contribution is -2.26. The topological polar surface area (TPSA) is 70.0 Å². The molecule has 0 bridgehead atoms. The summed E-state index contributed by atoms with van der Waals surface area (Å²) in [6.07, 6.45) is -0.361. The summed E-state index contributed by atoms with van der Waals surface area (Å²) in [4.78, 5) is 13.8. The molecule has 0 aliphatic carbocycles. The molecule has 0 radical (unpaired) electrons. The number of aryl methyl sites for hydroxylation is 2. The number of hydrogen-bond acceptors (Lipinski definition) is 4. The lowest BCUT2D eigenvalue weighted by molar-refractivity contribution is 0.162. The van der Waals surface area contributed by atoms with Crippen LogP contribution < -0.4 is 4.90 Å². The molecule has 0 aliphatic rings. The van der Waals surface area contributed by atoms with Gasteiger partial charge in [0.2, 0.25) is 0 Å². The molecule has 2 rings (SSSR count). The van der Waals surface area contributed by atoms with Gasteiger partial charge in [0.1, 0.15) is 13.2 Å². The fourth-order valence-electron chi connectivity index (χ4n) is 2.10. The molecule has 5 heteroatoms. The van der Waals surface area contributed by atoms with Gasteiger partial charge in [-0.25, -0.2) is 9.69 Å². The highest BCUT2D eigenvalue weighted by Gasteiger charge is 2.18. The normalized spacial score (nSPS) is 8.89. The van der Waals surface area contributed by atoms with Gasteiger partial charge in [-0.1, -0.05) is 47.2 Å². The molecule has 0 fully saturated rings. The summed E-state index contributed by atoms with van der Waals surface area (Å²) < 4.78 is 5.16. The van der Waals surface area contributed by atoms with Gasteiger partial charge in [0.25, 0.3) is 0 Å². The lowest BCUT2D eigenvalue weighted by Gasteiger charge is -2.22. The summed E-state index contributed by atoms with van der Waals surface area (Å²) in [7, 11) is 0. The molecule has 0 unspecified atom stereocenters. The molecule has 28 heavy (non-hydrogen) atoms. The fraction of sp³-hybridized carbons (Fsp3) is 0.261. The molecular weight excluding hydrogens is 354 g/mol. The molecular formula is C23H25NO4. The molecule has 2 aromatic carbocycles. The van der Waals surface area contributed by atoms with Crippen molar-refractivity contribution in [1.29, 1.82) is 0 Å². The smallest absolute Gasteiger partial charge is 0.418 e. The Bertz CT molecular complexity index is 784. The summed E-state index contributed by atoms with van der Waals surface area (Å²) in [5, 5.41) is 16.1. The van der Waals surface area contributed by atoms with Crippen LogP contribution in [0.5, 0.6) is 0 Å². The van der Waals surface area contributed by atoms with Gasteiger partial charge in [0, 0.05) is 0 Å². The van der Waals surface area contributed by atoms with Gasteiger partial charge >= 0.3 is 6.09 Å². The first-order valence-electron chi connectivity index (χ1n) is 8.81. The van der Waals surface area contributed by atoms with E-state index in [0.717, 1.165) is 22.5 Å². The van der Waals surface area contributed by atoms with Crippen molar-refractivity contribution < 1.29 is 19.7 Å². The number of aliphatic hydroxyl groups excluding tert-OH is 2. The Labute approximate surface area is 166 Å². The molecule has 0 atom stereocenters. The van der Waals surface area contributed by atoms with Crippen molar-refractivity contribution in [2.75, 3.05) is 24.7 Å². The van der Waals surface area contributed by atoms with Crippen LogP contribution in [0.3, 0.4) is 0 Å². The van der Waals surface area contributed by atoms with Crippen molar-refractivity contribution in [2.24, 2.45) is 0 Å². The van der Waals surface area contributed by atoms with Crippen molar-refractivity contribution in [3.8, 4) is 23.7 Å². The number of benzene rings is 2. The van der Waals surface area contributed by atoms with E-state index >= 15 is 0 Å². The Morgan fingerprint density at radius 2 is 1.25 bits per heavy atom. The maximum Gasteiger partial charge on any atom is 0.418 e. The standard InChI is InChI=1S/C17H19NO2.C6H6O2/c1-4-20-17(19)18(15-9-5-13(2)6-10-15)16-11-7-14(3)8-12-16;7-5-3-1-2-4-6-8/h5-12H,4H2,1-3H3;7-8H,5-6H2. The van der Waals surface area contributed by atoms with Crippen molar-refractivity contribution in [3.63, 3.8) is 0 Å². The van der Waals surface area contributed by atoms with Crippen LogP contribution in [0, 0.1) is 37.5 Å². The van der Waals surface area contributed by atoms with Crippen LogP contribution in [0.2, 0.25) is 0 Å². The molecule has 146 valence electrons. The molecule has 0 aliphatic heterocycles. The second kappa shape index (κ2) is 13.0. The Balaban J connectivity index is 0.000000416. The number of nitrogens with zero attached hydrogens (tertiary/aromatic N) is 1. The number of hydrogen-bond donors (Lipinski definition) is 2. The number of ether oxygens (including phenoxy) is 1. The number of carbonyl (C=O) groups is 1. The monoisotopic (exact) mass is 379 g/mol. The predicted octanol–water partition coefficient (Wildman–Crippen LogP) is 3.58. The van der Waals surface area contributed by atoms with Gasteiger partial charge in [-0.05, 0) is 56.9 Å². The fourth-order valence-corrected chi connectivity index (χ4v) is 2.10. The van der Waals surface area contributed by atoms with Crippen molar-refractivity contribution in [1.82, 2.24) is 0 Å². The van der Waals surface area contributed by atoms with Crippen LogP contribution in [0.15, 0.2) is 48.5 Å². The minimum atomic E-state index is -0.361. The van der Waals surface area contributed by atoms with E-state index in [0.29, 0.717) is 6.61 Å². The molecule has 0 saturated carbocycles. The van der Waals surface area contributed by atoms with E-state index in [1.54, 1.807) is 11.8 Å². The molecule has 1 amide bonds. The zero-order valence-corrected chi connectivity index (χ0v) is 16.4. The van der Waals surface area contributed by atoms with E-state index in [1.165, 1.54) is 0 Å². The molecule has 0 spiro atoms. The van der Waals surface area contributed by atoms with E-state index in [1.807, 2.05) is 62.4 Å². The molecule has 2 aromatic rings. The van der Waals surface area contributed by atoms with Crippen molar-refractivity contribution >= 4 is 17.5 Å². The average Bonchev–Trinajstić information content (AvgIpc) is 2.69. The molecule has 5 nitrogen and oxygen atoms in total. The Morgan fingerprint density at radius 1 is 0.857 bits per heavy atom. The van der Waals surface area contributed by atoms with Crippen LogP contribution in [-0.4, -0.2) is 36.1 Å². The Kier molecular flexibility index (Phi) is 10.6. The van der Waals surface area contributed by atoms with Crippen LogP contribution in [0.4, 0.5) is 16.2 Å². The zero-order chi connectivity index (χ0) is 20.8.